The van der Waals surface area contributed by atoms with Crippen LogP contribution in [0, 0.1) is 5.92 Å². The molecular weight excluding hydrogens is 234 g/mol. The quantitative estimate of drug-likeness (QED) is 0.544. The Hall–Kier alpha value is -1.11. The van der Waals surface area contributed by atoms with E-state index in [2.05, 4.69) is 10.4 Å². The van der Waals surface area contributed by atoms with Crippen LogP contribution in [0.3, 0.4) is 0 Å². The summed E-state index contributed by atoms with van der Waals surface area (Å²) in [5.74, 6) is 0.486. The summed E-state index contributed by atoms with van der Waals surface area (Å²) in [5.41, 5.74) is 0.914. The standard InChI is InChI=1S/C12H21N3O3/c16-4-6-18-5-3-15-9-11(7-14-15)13-8-12(17)10-1-2-10/h7,9-10,12-13,16-17H,1-6,8H2. The molecule has 6 heteroatoms. The third-order valence-electron chi connectivity index (χ3n) is 3.02. The molecule has 1 saturated carbocycles. The zero-order valence-electron chi connectivity index (χ0n) is 10.5. The van der Waals surface area contributed by atoms with Crippen molar-refractivity contribution in [2.75, 3.05) is 31.7 Å². The van der Waals surface area contributed by atoms with Crippen LogP contribution in [0.15, 0.2) is 12.4 Å². The molecule has 1 aromatic rings. The smallest absolute Gasteiger partial charge is 0.0740 e. The third kappa shape index (κ3) is 4.29. The van der Waals surface area contributed by atoms with E-state index >= 15 is 0 Å². The Balaban J connectivity index is 1.65. The molecule has 6 nitrogen and oxygen atoms in total. The van der Waals surface area contributed by atoms with E-state index in [0.717, 1.165) is 18.5 Å². The van der Waals surface area contributed by atoms with Crippen LogP contribution in [0.2, 0.25) is 0 Å². The Bertz CT molecular complexity index is 352. The van der Waals surface area contributed by atoms with Crippen molar-refractivity contribution in [3.8, 4) is 0 Å². The molecule has 1 fully saturated rings. The van der Waals surface area contributed by atoms with Crippen LogP contribution >= 0.6 is 0 Å². The molecule has 1 aliphatic rings. The van der Waals surface area contributed by atoms with E-state index in [9.17, 15) is 5.11 Å². The number of anilines is 1. The summed E-state index contributed by atoms with van der Waals surface area (Å²) in [7, 11) is 0. The molecule has 1 atom stereocenters. The topological polar surface area (TPSA) is 79.5 Å². The monoisotopic (exact) mass is 255 g/mol. The molecular formula is C12H21N3O3. The molecule has 1 heterocycles. The molecule has 0 radical (unpaired) electrons. The predicted molar refractivity (Wildman–Crippen MR) is 67.4 cm³/mol. The van der Waals surface area contributed by atoms with Gasteiger partial charge in [0.1, 0.15) is 0 Å². The Morgan fingerprint density at radius 3 is 3.06 bits per heavy atom. The van der Waals surface area contributed by atoms with Crippen molar-refractivity contribution in [2.24, 2.45) is 5.92 Å². The molecule has 1 aliphatic carbocycles. The van der Waals surface area contributed by atoms with Gasteiger partial charge in [0, 0.05) is 12.7 Å². The number of aromatic nitrogens is 2. The van der Waals surface area contributed by atoms with Gasteiger partial charge < -0.3 is 20.3 Å². The van der Waals surface area contributed by atoms with Gasteiger partial charge in [-0.25, -0.2) is 0 Å². The second-order valence-electron chi connectivity index (χ2n) is 4.61. The number of rotatable bonds is 9. The highest BCUT2D eigenvalue weighted by molar-refractivity contribution is 5.38. The molecule has 2 rings (SSSR count). The van der Waals surface area contributed by atoms with Gasteiger partial charge in [-0.1, -0.05) is 0 Å². The minimum absolute atomic E-state index is 0.0466. The Morgan fingerprint density at radius 1 is 1.50 bits per heavy atom. The molecule has 0 saturated heterocycles. The van der Waals surface area contributed by atoms with Crippen molar-refractivity contribution in [3.63, 3.8) is 0 Å². The lowest BCUT2D eigenvalue weighted by molar-refractivity contribution is 0.0854. The molecule has 1 unspecified atom stereocenters. The van der Waals surface area contributed by atoms with Gasteiger partial charge in [-0.3, -0.25) is 4.68 Å². The number of hydrogen-bond donors (Lipinski definition) is 3. The van der Waals surface area contributed by atoms with Gasteiger partial charge in [0.05, 0.1) is 44.4 Å². The Morgan fingerprint density at radius 2 is 2.33 bits per heavy atom. The van der Waals surface area contributed by atoms with Crippen molar-refractivity contribution in [3.05, 3.63) is 12.4 Å². The SMILES string of the molecule is OCCOCCn1cc(NCC(O)C2CC2)cn1. The van der Waals surface area contributed by atoms with Crippen LogP contribution in [0.5, 0.6) is 0 Å². The highest BCUT2D eigenvalue weighted by Crippen LogP contribution is 2.32. The van der Waals surface area contributed by atoms with E-state index in [1.54, 1.807) is 10.9 Å². The molecule has 18 heavy (non-hydrogen) atoms. The van der Waals surface area contributed by atoms with Crippen LogP contribution in [-0.4, -0.2) is 52.5 Å². The molecule has 3 N–H and O–H groups in total. The maximum atomic E-state index is 9.72. The maximum absolute atomic E-state index is 9.72. The van der Waals surface area contributed by atoms with Crippen molar-refractivity contribution >= 4 is 5.69 Å². The minimum Gasteiger partial charge on any atom is -0.394 e. The molecule has 102 valence electrons. The maximum Gasteiger partial charge on any atom is 0.0740 e. The lowest BCUT2D eigenvalue weighted by atomic mass is 10.2. The van der Waals surface area contributed by atoms with E-state index < -0.39 is 0 Å². The molecule has 0 aromatic carbocycles. The molecule has 0 aliphatic heterocycles. The second kappa shape index (κ2) is 6.72. The number of hydrogen-bond acceptors (Lipinski definition) is 5. The van der Waals surface area contributed by atoms with Crippen LogP contribution < -0.4 is 5.32 Å². The minimum atomic E-state index is -0.249. The summed E-state index contributed by atoms with van der Waals surface area (Å²) < 4.78 is 6.94. The van der Waals surface area contributed by atoms with Gasteiger partial charge in [-0.15, -0.1) is 0 Å². The average molecular weight is 255 g/mol. The van der Waals surface area contributed by atoms with Crippen LogP contribution in [0.1, 0.15) is 12.8 Å². The fourth-order valence-corrected chi connectivity index (χ4v) is 1.77. The molecule has 1 aromatic heterocycles. The zero-order valence-corrected chi connectivity index (χ0v) is 10.5. The van der Waals surface area contributed by atoms with Gasteiger partial charge in [0.15, 0.2) is 0 Å². The van der Waals surface area contributed by atoms with Gasteiger partial charge >= 0.3 is 0 Å². The second-order valence-corrected chi connectivity index (χ2v) is 4.61. The fourth-order valence-electron chi connectivity index (χ4n) is 1.77. The number of aliphatic hydroxyl groups is 2. The van der Waals surface area contributed by atoms with Gasteiger partial charge in [-0.2, -0.15) is 5.10 Å². The average Bonchev–Trinajstić information content (AvgIpc) is 3.13. The first kappa shape index (κ1) is 13.3. The highest BCUT2D eigenvalue weighted by atomic mass is 16.5. The van der Waals surface area contributed by atoms with E-state index in [1.165, 1.54) is 0 Å². The van der Waals surface area contributed by atoms with E-state index in [1.807, 2.05) is 6.20 Å². The van der Waals surface area contributed by atoms with Crippen molar-refractivity contribution in [1.29, 1.82) is 0 Å². The lowest BCUT2D eigenvalue weighted by Gasteiger charge is -2.09. The van der Waals surface area contributed by atoms with Crippen LogP contribution in [0.4, 0.5) is 5.69 Å². The first-order valence-electron chi connectivity index (χ1n) is 6.42. The van der Waals surface area contributed by atoms with E-state index in [0.29, 0.717) is 32.2 Å². The normalized spacial score (nSPS) is 16.8. The highest BCUT2D eigenvalue weighted by Gasteiger charge is 2.29. The molecule has 0 bridgehead atoms. The van der Waals surface area contributed by atoms with E-state index in [4.69, 9.17) is 9.84 Å². The predicted octanol–water partition coefficient (Wildman–Crippen LogP) is 0.0748. The third-order valence-corrected chi connectivity index (χ3v) is 3.02. The summed E-state index contributed by atoms with van der Waals surface area (Å²) in [5, 5.41) is 25.6. The summed E-state index contributed by atoms with van der Waals surface area (Å²) in [6, 6.07) is 0. The Labute approximate surface area is 107 Å². The summed E-state index contributed by atoms with van der Waals surface area (Å²) in [6.45, 7) is 2.18. The van der Waals surface area contributed by atoms with Crippen molar-refractivity contribution in [2.45, 2.75) is 25.5 Å². The van der Waals surface area contributed by atoms with Gasteiger partial charge in [0.25, 0.3) is 0 Å². The van der Waals surface area contributed by atoms with Crippen molar-refractivity contribution in [1.82, 2.24) is 9.78 Å². The fraction of sp³-hybridized carbons (Fsp3) is 0.750. The number of ether oxygens (including phenoxy) is 1. The van der Waals surface area contributed by atoms with Gasteiger partial charge in [-0.05, 0) is 18.8 Å². The number of nitrogens with one attached hydrogen (secondary N) is 1. The zero-order chi connectivity index (χ0) is 12.8. The first-order chi connectivity index (χ1) is 8.79. The molecule has 0 amide bonds. The first-order valence-corrected chi connectivity index (χ1v) is 6.42. The summed E-state index contributed by atoms with van der Waals surface area (Å²) >= 11 is 0. The number of aliphatic hydroxyl groups excluding tert-OH is 2. The molecule has 0 spiro atoms. The largest absolute Gasteiger partial charge is 0.394 e. The Kier molecular flexibility index (Phi) is 4.98. The number of nitrogens with zero attached hydrogens (tertiary/aromatic N) is 2. The summed E-state index contributed by atoms with van der Waals surface area (Å²) in [4.78, 5) is 0. The van der Waals surface area contributed by atoms with Crippen molar-refractivity contribution < 1.29 is 14.9 Å². The summed E-state index contributed by atoms with van der Waals surface area (Å²) in [6.07, 6.45) is 5.67. The van der Waals surface area contributed by atoms with Gasteiger partial charge in [0.2, 0.25) is 0 Å². The van der Waals surface area contributed by atoms with E-state index in [-0.39, 0.29) is 12.7 Å². The lowest BCUT2D eigenvalue weighted by Crippen LogP contribution is -2.21. The van der Waals surface area contributed by atoms with Crippen LogP contribution in [-0.2, 0) is 11.3 Å². The van der Waals surface area contributed by atoms with Crippen LogP contribution in [0.25, 0.3) is 0 Å².